The van der Waals surface area contributed by atoms with Crippen LogP contribution in [0.3, 0.4) is 0 Å². The maximum Gasteiger partial charge on any atom is 0.416 e. The Morgan fingerprint density at radius 1 is 1.30 bits per heavy atom. The third kappa shape index (κ3) is 3.99. The number of piperidine rings is 1. The van der Waals surface area contributed by atoms with Crippen LogP contribution in [0.25, 0.3) is 0 Å². The first-order valence-corrected chi connectivity index (χ1v) is 8.97. The molecular formula is C14H18ClF3N2O2S. The molecule has 0 aromatic heterocycles. The molecule has 1 aliphatic heterocycles. The maximum atomic E-state index is 12.8. The van der Waals surface area contributed by atoms with Gasteiger partial charge in [0, 0.05) is 19.1 Å². The van der Waals surface area contributed by atoms with E-state index in [9.17, 15) is 21.6 Å². The molecule has 1 saturated heterocycles. The van der Waals surface area contributed by atoms with Gasteiger partial charge >= 0.3 is 6.18 Å². The van der Waals surface area contributed by atoms with E-state index < -0.39 is 26.7 Å². The lowest BCUT2D eigenvalue weighted by molar-refractivity contribution is -0.137. The fourth-order valence-corrected chi connectivity index (χ4v) is 4.63. The van der Waals surface area contributed by atoms with Gasteiger partial charge in [-0.3, -0.25) is 0 Å². The Morgan fingerprint density at radius 2 is 1.87 bits per heavy atom. The molecule has 1 fully saturated rings. The largest absolute Gasteiger partial charge is 0.416 e. The van der Waals surface area contributed by atoms with Crippen molar-refractivity contribution in [3.8, 4) is 0 Å². The van der Waals surface area contributed by atoms with E-state index >= 15 is 0 Å². The molecule has 0 aliphatic carbocycles. The molecule has 1 heterocycles. The fourth-order valence-electron chi connectivity index (χ4n) is 2.66. The second-order valence-corrected chi connectivity index (χ2v) is 8.06. The average molecular weight is 371 g/mol. The molecule has 1 aromatic carbocycles. The van der Waals surface area contributed by atoms with Gasteiger partial charge in [-0.1, -0.05) is 11.6 Å². The molecule has 1 atom stereocenters. The first kappa shape index (κ1) is 18.5. The fraction of sp³-hybridized carbons (Fsp3) is 0.571. The molecule has 2 rings (SSSR count). The second kappa shape index (κ2) is 6.58. The summed E-state index contributed by atoms with van der Waals surface area (Å²) < 4.78 is 64.8. The van der Waals surface area contributed by atoms with Crippen molar-refractivity contribution < 1.29 is 21.6 Å². The van der Waals surface area contributed by atoms with Crippen LogP contribution in [0.1, 0.15) is 25.3 Å². The molecule has 23 heavy (non-hydrogen) atoms. The Bertz CT molecular complexity index is 669. The minimum atomic E-state index is -4.63. The Balaban J connectivity index is 2.30. The summed E-state index contributed by atoms with van der Waals surface area (Å²) in [6.07, 6.45) is -3.47. The maximum absolute atomic E-state index is 12.8. The second-order valence-electron chi connectivity index (χ2n) is 5.74. The Labute approximate surface area is 138 Å². The van der Waals surface area contributed by atoms with E-state index in [1.807, 2.05) is 6.92 Å². The van der Waals surface area contributed by atoms with Gasteiger partial charge in [0.15, 0.2) is 0 Å². The van der Waals surface area contributed by atoms with Crippen molar-refractivity contribution >= 4 is 21.6 Å². The van der Waals surface area contributed by atoms with Gasteiger partial charge in [-0.15, -0.1) is 0 Å². The topological polar surface area (TPSA) is 63.4 Å². The summed E-state index contributed by atoms with van der Waals surface area (Å²) in [4.78, 5) is -0.506. The summed E-state index contributed by atoms with van der Waals surface area (Å²) in [6, 6.07) is 2.28. The van der Waals surface area contributed by atoms with E-state index in [0.717, 1.165) is 12.1 Å². The zero-order chi connectivity index (χ0) is 17.4. The summed E-state index contributed by atoms with van der Waals surface area (Å²) >= 11 is 5.84. The molecular weight excluding hydrogens is 353 g/mol. The minimum absolute atomic E-state index is 0.0444. The molecule has 9 heteroatoms. The van der Waals surface area contributed by atoms with E-state index in [2.05, 4.69) is 0 Å². The van der Waals surface area contributed by atoms with Crippen molar-refractivity contribution in [2.75, 3.05) is 13.1 Å². The zero-order valence-electron chi connectivity index (χ0n) is 12.5. The third-order valence-corrected chi connectivity index (χ3v) is 6.50. The van der Waals surface area contributed by atoms with Gasteiger partial charge in [0.1, 0.15) is 4.90 Å². The number of alkyl halides is 3. The van der Waals surface area contributed by atoms with Gasteiger partial charge in [0.2, 0.25) is 10.0 Å². The van der Waals surface area contributed by atoms with Gasteiger partial charge in [-0.25, -0.2) is 8.42 Å². The van der Waals surface area contributed by atoms with Crippen molar-refractivity contribution in [3.63, 3.8) is 0 Å². The van der Waals surface area contributed by atoms with Crippen LogP contribution in [0.2, 0.25) is 5.02 Å². The Morgan fingerprint density at radius 3 is 2.35 bits per heavy atom. The summed E-state index contributed by atoms with van der Waals surface area (Å²) in [7, 11) is -4.06. The number of hydrogen-bond donors (Lipinski definition) is 1. The highest BCUT2D eigenvalue weighted by Crippen LogP contribution is 2.35. The van der Waals surface area contributed by atoms with Crippen LogP contribution in [0.4, 0.5) is 13.2 Å². The first-order valence-electron chi connectivity index (χ1n) is 7.16. The molecule has 4 nitrogen and oxygen atoms in total. The molecule has 0 bridgehead atoms. The van der Waals surface area contributed by atoms with Crippen LogP contribution in [-0.4, -0.2) is 31.9 Å². The average Bonchev–Trinajstić information content (AvgIpc) is 2.46. The molecule has 0 spiro atoms. The highest BCUT2D eigenvalue weighted by atomic mass is 35.5. The Kier molecular flexibility index (Phi) is 5.30. The van der Waals surface area contributed by atoms with Crippen molar-refractivity contribution in [2.45, 2.75) is 36.9 Å². The van der Waals surface area contributed by atoms with Crippen LogP contribution in [0, 0.1) is 5.92 Å². The third-order valence-electron chi connectivity index (χ3n) is 4.12. The number of nitrogens with two attached hydrogens (primary N) is 1. The van der Waals surface area contributed by atoms with E-state index in [4.69, 9.17) is 17.3 Å². The molecule has 1 aliphatic rings. The molecule has 2 N–H and O–H groups in total. The number of rotatable bonds is 3. The molecule has 0 saturated carbocycles. The van der Waals surface area contributed by atoms with E-state index in [1.54, 1.807) is 0 Å². The van der Waals surface area contributed by atoms with Crippen LogP contribution in [0.15, 0.2) is 23.1 Å². The van der Waals surface area contributed by atoms with Crippen molar-refractivity contribution in [1.82, 2.24) is 4.31 Å². The van der Waals surface area contributed by atoms with Gasteiger partial charge in [-0.2, -0.15) is 17.5 Å². The quantitative estimate of drug-likeness (QED) is 0.889. The number of hydrogen-bond acceptors (Lipinski definition) is 3. The molecule has 0 amide bonds. The standard InChI is InChI=1S/C14H18ClF3N2O2S/c1-9(19)10-4-6-20(7-5-10)23(21,22)13-8-11(14(16,17)18)2-3-12(13)15/h2-3,8-10H,4-7,19H2,1H3. The number of halogens is 4. The summed E-state index contributed by atoms with van der Waals surface area (Å²) in [5.41, 5.74) is 4.77. The highest BCUT2D eigenvalue weighted by Gasteiger charge is 2.35. The zero-order valence-corrected chi connectivity index (χ0v) is 14.0. The van der Waals surface area contributed by atoms with Crippen LogP contribution in [0.5, 0.6) is 0 Å². The summed E-state index contributed by atoms with van der Waals surface area (Å²) in [5.74, 6) is 0.207. The molecule has 1 aromatic rings. The minimum Gasteiger partial charge on any atom is -0.328 e. The normalized spacial score (nSPS) is 19.7. The van der Waals surface area contributed by atoms with Crippen molar-refractivity contribution in [1.29, 1.82) is 0 Å². The van der Waals surface area contributed by atoms with Gasteiger partial charge in [0.05, 0.1) is 10.6 Å². The van der Waals surface area contributed by atoms with Crippen molar-refractivity contribution in [2.24, 2.45) is 11.7 Å². The van der Waals surface area contributed by atoms with E-state index in [0.29, 0.717) is 18.9 Å². The van der Waals surface area contributed by atoms with Gasteiger partial charge < -0.3 is 5.73 Å². The smallest absolute Gasteiger partial charge is 0.328 e. The lowest BCUT2D eigenvalue weighted by Crippen LogP contribution is -2.42. The molecule has 0 radical (unpaired) electrons. The lowest BCUT2D eigenvalue weighted by atomic mass is 9.92. The Hall–Kier alpha value is -0.830. The summed E-state index contributed by atoms with van der Waals surface area (Å²) in [5, 5.41) is -0.215. The van der Waals surface area contributed by atoms with Gasteiger partial charge in [0.25, 0.3) is 0 Å². The first-order chi connectivity index (χ1) is 10.5. The number of benzene rings is 1. The predicted molar refractivity (Wildman–Crippen MR) is 81.6 cm³/mol. The van der Waals surface area contributed by atoms with E-state index in [1.165, 1.54) is 4.31 Å². The van der Waals surface area contributed by atoms with Gasteiger partial charge in [-0.05, 0) is 43.9 Å². The molecule has 1 unspecified atom stereocenters. The van der Waals surface area contributed by atoms with Crippen LogP contribution >= 0.6 is 11.6 Å². The SMILES string of the molecule is CC(N)C1CCN(S(=O)(=O)c2cc(C(F)(F)F)ccc2Cl)CC1. The van der Waals surface area contributed by atoms with Crippen molar-refractivity contribution in [3.05, 3.63) is 28.8 Å². The number of sulfonamides is 1. The highest BCUT2D eigenvalue weighted by molar-refractivity contribution is 7.89. The van der Waals surface area contributed by atoms with E-state index in [-0.39, 0.29) is 30.1 Å². The summed E-state index contributed by atoms with van der Waals surface area (Å²) in [6.45, 7) is 2.31. The predicted octanol–water partition coefficient (Wildman–Crippen LogP) is 3.11. The molecule has 130 valence electrons. The monoisotopic (exact) mass is 370 g/mol. The van der Waals surface area contributed by atoms with Crippen LogP contribution in [-0.2, 0) is 16.2 Å². The van der Waals surface area contributed by atoms with Crippen LogP contribution < -0.4 is 5.73 Å². The lowest BCUT2D eigenvalue weighted by Gasteiger charge is -2.33. The number of nitrogens with zero attached hydrogens (tertiary/aromatic N) is 1.